The molecule has 5 heteroatoms. The Morgan fingerprint density at radius 2 is 2.25 bits per heavy atom. The van der Waals surface area contributed by atoms with Gasteiger partial charge in [-0.05, 0) is 18.1 Å². The van der Waals surface area contributed by atoms with Gasteiger partial charge in [0.15, 0.2) is 0 Å². The zero-order valence-electron chi connectivity index (χ0n) is 11.6. The summed E-state index contributed by atoms with van der Waals surface area (Å²) in [7, 11) is 1.62. The van der Waals surface area contributed by atoms with E-state index in [4.69, 9.17) is 4.74 Å². The Bertz CT molecular complexity index is 538. The molecule has 2 rings (SSSR count). The van der Waals surface area contributed by atoms with Crippen molar-refractivity contribution in [3.63, 3.8) is 0 Å². The highest BCUT2D eigenvalue weighted by Gasteiger charge is 2.09. The normalized spacial score (nSPS) is 10.4. The van der Waals surface area contributed by atoms with Crippen LogP contribution < -0.4 is 5.32 Å². The van der Waals surface area contributed by atoms with Crippen LogP contribution in [0.25, 0.3) is 0 Å². The summed E-state index contributed by atoms with van der Waals surface area (Å²) in [6, 6.07) is 7.48. The fourth-order valence-electron chi connectivity index (χ4n) is 2.01. The SMILES string of the molecule is COCc1ccccc1C(=O)NCCCc1ncc[nH]1. The van der Waals surface area contributed by atoms with Crippen molar-refractivity contribution in [2.24, 2.45) is 0 Å². The fraction of sp³-hybridized carbons (Fsp3) is 0.333. The molecule has 0 radical (unpaired) electrons. The monoisotopic (exact) mass is 273 g/mol. The first-order valence-electron chi connectivity index (χ1n) is 6.64. The minimum atomic E-state index is -0.0582. The summed E-state index contributed by atoms with van der Waals surface area (Å²) in [4.78, 5) is 19.3. The van der Waals surface area contributed by atoms with Crippen LogP contribution in [0.5, 0.6) is 0 Å². The summed E-state index contributed by atoms with van der Waals surface area (Å²) in [5.74, 6) is 0.885. The summed E-state index contributed by atoms with van der Waals surface area (Å²) in [6.07, 6.45) is 5.21. The van der Waals surface area contributed by atoms with Gasteiger partial charge in [-0.25, -0.2) is 4.98 Å². The molecule has 0 aliphatic rings. The Kier molecular flexibility index (Phi) is 5.32. The number of methoxy groups -OCH3 is 1. The van der Waals surface area contributed by atoms with Crippen molar-refractivity contribution in [2.45, 2.75) is 19.4 Å². The molecule has 20 heavy (non-hydrogen) atoms. The van der Waals surface area contributed by atoms with E-state index in [1.54, 1.807) is 19.5 Å². The van der Waals surface area contributed by atoms with Crippen LogP contribution in [0.2, 0.25) is 0 Å². The Morgan fingerprint density at radius 3 is 3.00 bits per heavy atom. The van der Waals surface area contributed by atoms with Crippen molar-refractivity contribution >= 4 is 5.91 Å². The molecule has 0 saturated heterocycles. The van der Waals surface area contributed by atoms with E-state index in [2.05, 4.69) is 15.3 Å². The second-order valence-corrected chi connectivity index (χ2v) is 4.49. The van der Waals surface area contributed by atoms with E-state index < -0.39 is 0 Å². The van der Waals surface area contributed by atoms with Crippen LogP contribution >= 0.6 is 0 Å². The number of nitrogens with zero attached hydrogens (tertiary/aromatic N) is 1. The number of hydrogen-bond acceptors (Lipinski definition) is 3. The van der Waals surface area contributed by atoms with Gasteiger partial charge in [-0.15, -0.1) is 0 Å². The second kappa shape index (κ2) is 7.45. The summed E-state index contributed by atoms with van der Waals surface area (Å²) >= 11 is 0. The van der Waals surface area contributed by atoms with Crippen molar-refractivity contribution in [1.29, 1.82) is 0 Å². The molecule has 0 aliphatic heterocycles. The van der Waals surface area contributed by atoms with Crippen LogP contribution in [0.3, 0.4) is 0 Å². The molecule has 0 unspecified atom stereocenters. The number of aryl methyl sites for hydroxylation is 1. The Hall–Kier alpha value is -2.14. The molecule has 0 aliphatic carbocycles. The van der Waals surface area contributed by atoms with Crippen molar-refractivity contribution in [3.8, 4) is 0 Å². The van der Waals surface area contributed by atoms with Crippen LogP contribution in [0.1, 0.15) is 28.2 Å². The third-order valence-electron chi connectivity index (χ3n) is 2.99. The first kappa shape index (κ1) is 14.3. The molecule has 0 bridgehead atoms. The lowest BCUT2D eigenvalue weighted by atomic mass is 10.1. The molecule has 1 amide bonds. The largest absolute Gasteiger partial charge is 0.380 e. The molecule has 0 atom stereocenters. The van der Waals surface area contributed by atoms with E-state index in [-0.39, 0.29) is 5.91 Å². The minimum absolute atomic E-state index is 0.0582. The van der Waals surface area contributed by atoms with Gasteiger partial charge in [0.05, 0.1) is 6.61 Å². The molecular formula is C15H19N3O2. The highest BCUT2D eigenvalue weighted by atomic mass is 16.5. The van der Waals surface area contributed by atoms with Crippen molar-refractivity contribution in [2.75, 3.05) is 13.7 Å². The maximum atomic E-state index is 12.1. The number of imidazole rings is 1. The number of carbonyl (C=O) groups excluding carboxylic acids is 1. The summed E-state index contributed by atoms with van der Waals surface area (Å²) < 4.78 is 5.10. The molecule has 2 N–H and O–H groups in total. The number of aromatic nitrogens is 2. The van der Waals surface area contributed by atoms with Crippen LogP contribution in [0.15, 0.2) is 36.7 Å². The van der Waals surface area contributed by atoms with Crippen LogP contribution in [0, 0.1) is 0 Å². The number of hydrogen-bond donors (Lipinski definition) is 2. The molecule has 2 aromatic rings. The van der Waals surface area contributed by atoms with Gasteiger partial charge in [-0.3, -0.25) is 4.79 Å². The van der Waals surface area contributed by atoms with E-state index >= 15 is 0 Å². The quantitative estimate of drug-likeness (QED) is 0.757. The van der Waals surface area contributed by atoms with Crippen molar-refractivity contribution in [3.05, 3.63) is 53.6 Å². The standard InChI is InChI=1S/C15H19N3O2/c1-20-11-12-5-2-3-6-13(12)15(19)18-8-4-7-14-16-9-10-17-14/h2-3,5-6,9-10H,4,7-8,11H2,1H3,(H,16,17)(H,18,19). The van der Waals surface area contributed by atoms with Gasteiger partial charge >= 0.3 is 0 Å². The third-order valence-corrected chi connectivity index (χ3v) is 2.99. The maximum absolute atomic E-state index is 12.1. The highest BCUT2D eigenvalue weighted by molar-refractivity contribution is 5.95. The van der Waals surface area contributed by atoms with Gasteiger partial charge in [0.25, 0.3) is 5.91 Å². The Labute approximate surface area is 118 Å². The molecular weight excluding hydrogens is 254 g/mol. The Morgan fingerprint density at radius 1 is 1.40 bits per heavy atom. The number of H-pyrrole nitrogens is 1. The number of amides is 1. The number of aromatic amines is 1. The van der Waals surface area contributed by atoms with Crippen LogP contribution in [-0.4, -0.2) is 29.5 Å². The first-order chi connectivity index (χ1) is 9.81. The lowest BCUT2D eigenvalue weighted by Gasteiger charge is -2.09. The lowest BCUT2D eigenvalue weighted by molar-refractivity contribution is 0.0948. The van der Waals surface area contributed by atoms with E-state index in [1.807, 2.05) is 24.3 Å². The van der Waals surface area contributed by atoms with Gasteiger partial charge in [-0.2, -0.15) is 0 Å². The smallest absolute Gasteiger partial charge is 0.251 e. The van der Waals surface area contributed by atoms with Crippen molar-refractivity contribution in [1.82, 2.24) is 15.3 Å². The molecule has 106 valence electrons. The zero-order chi connectivity index (χ0) is 14.2. The number of benzene rings is 1. The summed E-state index contributed by atoms with van der Waals surface area (Å²) in [5.41, 5.74) is 1.57. The van der Waals surface area contributed by atoms with Gasteiger partial charge in [0.1, 0.15) is 5.82 Å². The van der Waals surface area contributed by atoms with Gasteiger partial charge in [0, 0.05) is 38.0 Å². The highest BCUT2D eigenvalue weighted by Crippen LogP contribution is 2.09. The molecule has 1 aromatic carbocycles. The zero-order valence-corrected chi connectivity index (χ0v) is 11.6. The molecule has 0 fully saturated rings. The van der Waals surface area contributed by atoms with Gasteiger partial charge in [0.2, 0.25) is 0 Å². The molecule has 0 saturated carbocycles. The van der Waals surface area contributed by atoms with E-state index in [9.17, 15) is 4.79 Å². The van der Waals surface area contributed by atoms with Crippen LogP contribution in [-0.2, 0) is 17.8 Å². The molecule has 1 aromatic heterocycles. The molecule has 1 heterocycles. The van der Waals surface area contributed by atoms with Crippen LogP contribution in [0.4, 0.5) is 0 Å². The van der Waals surface area contributed by atoms with Crippen molar-refractivity contribution < 1.29 is 9.53 Å². The average molecular weight is 273 g/mol. The predicted molar refractivity (Wildman–Crippen MR) is 76.4 cm³/mol. The summed E-state index contributed by atoms with van der Waals surface area (Å²) in [6.45, 7) is 1.07. The fourth-order valence-corrected chi connectivity index (χ4v) is 2.01. The minimum Gasteiger partial charge on any atom is -0.380 e. The van der Waals surface area contributed by atoms with Gasteiger partial charge < -0.3 is 15.0 Å². The van der Waals surface area contributed by atoms with Gasteiger partial charge in [-0.1, -0.05) is 18.2 Å². The average Bonchev–Trinajstić information content (AvgIpc) is 2.97. The lowest BCUT2D eigenvalue weighted by Crippen LogP contribution is -2.26. The topological polar surface area (TPSA) is 67.0 Å². The summed E-state index contributed by atoms with van der Waals surface area (Å²) in [5, 5.41) is 2.92. The number of carbonyl (C=O) groups is 1. The van der Waals surface area contributed by atoms with E-state index in [1.165, 1.54) is 0 Å². The van der Waals surface area contributed by atoms with E-state index in [0.717, 1.165) is 24.2 Å². The predicted octanol–water partition coefficient (Wildman–Crippen LogP) is 1.92. The number of nitrogens with one attached hydrogen (secondary N) is 2. The number of ether oxygens (including phenoxy) is 1. The second-order valence-electron chi connectivity index (χ2n) is 4.49. The first-order valence-corrected chi connectivity index (χ1v) is 6.64. The third kappa shape index (κ3) is 3.93. The maximum Gasteiger partial charge on any atom is 0.251 e. The number of rotatable bonds is 7. The Balaban J connectivity index is 1.82. The molecule has 0 spiro atoms. The molecule has 5 nitrogen and oxygen atoms in total. The van der Waals surface area contributed by atoms with E-state index in [0.29, 0.717) is 18.7 Å².